The van der Waals surface area contributed by atoms with Crippen molar-refractivity contribution in [2.24, 2.45) is 0 Å². The van der Waals surface area contributed by atoms with Crippen LogP contribution in [-0.4, -0.2) is 49.9 Å². The summed E-state index contributed by atoms with van der Waals surface area (Å²) in [5.41, 5.74) is -0.155. The van der Waals surface area contributed by atoms with Crippen LogP contribution in [0.3, 0.4) is 0 Å². The van der Waals surface area contributed by atoms with Crippen molar-refractivity contribution < 1.29 is 32.3 Å². The van der Waals surface area contributed by atoms with Gasteiger partial charge in [-0.15, -0.1) is 0 Å². The van der Waals surface area contributed by atoms with Gasteiger partial charge in [-0.3, -0.25) is 4.79 Å². The Morgan fingerprint density at radius 2 is 1.86 bits per heavy atom. The summed E-state index contributed by atoms with van der Waals surface area (Å²) in [4.78, 5) is 24.0. The zero-order chi connectivity index (χ0) is 20.3. The number of carbonyl (C=O) groups is 2. The third-order valence-electron chi connectivity index (χ3n) is 4.40. The van der Waals surface area contributed by atoms with E-state index in [1.165, 1.54) is 41.7 Å². The average molecular weight is 408 g/mol. The predicted octanol–water partition coefficient (Wildman–Crippen LogP) is 2.20. The van der Waals surface area contributed by atoms with Gasteiger partial charge >= 0.3 is 5.97 Å². The highest BCUT2D eigenvalue weighted by atomic mass is 32.2. The van der Waals surface area contributed by atoms with Gasteiger partial charge in [-0.2, -0.15) is 4.31 Å². The summed E-state index contributed by atoms with van der Waals surface area (Å²) in [5, 5.41) is 12.2. The lowest BCUT2D eigenvalue weighted by Crippen LogP contribution is -2.35. The van der Waals surface area contributed by atoms with E-state index in [1.54, 1.807) is 0 Å². The number of phenolic OH excluding ortho intramolecular Hbond substituents is 1. The van der Waals surface area contributed by atoms with Crippen LogP contribution in [0.5, 0.6) is 5.75 Å². The summed E-state index contributed by atoms with van der Waals surface area (Å²) in [6, 6.07) is 6.65. The number of aromatic hydroxyl groups is 1. The van der Waals surface area contributed by atoms with Gasteiger partial charge < -0.3 is 19.6 Å². The van der Waals surface area contributed by atoms with Crippen LogP contribution in [0, 0.1) is 0 Å². The van der Waals surface area contributed by atoms with Crippen LogP contribution < -0.4 is 5.32 Å². The molecular formula is C18H20N2O7S. The SMILES string of the molecule is COC(=O)c1cccc(NC(=O)c2ccc(S(=O)(=O)N3CCCCC3)o2)c1O. The second kappa shape index (κ2) is 8.03. The highest BCUT2D eigenvalue weighted by Gasteiger charge is 2.30. The number of benzene rings is 1. The Bertz CT molecular complexity index is 991. The Hall–Kier alpha value is -2.85. The Balaban J connectivity index is 1.79. The van der Waals surface area contributed by atoms with Crippen LogP contribution in [0.1, 0.15) is 40.2 Å². The number of carbonyl (C=O) groups excluding carboxylic acids is 2. The van der Waals surface area contributed by atoms with Crippen molar-refractivity contribution in [2.75, 3.05) is 25.5 Å². The molecule has 28 heavy (non-hydrogen) atoms. The molecule has 2 aromatic rings. The van der Waals surface area contributed by atoms with Crippen LogP contribution in [0.15, 0.2) is 39.8 Å². The smallest absolute Gasteiger partial charge is 0.341 e. The Morgan fingerprint density at radius 3 is 2.54 bits per heavy atom. The number of piperidine rings is 1. The molecule has 1 aromatic heterocycles. The van der Waals surface area contributed by atoms with Gasteiger partial charge in [0.05, 0.1) is 12.8 Å². The summed E-state index contributed by atoms with van der Waals surface area (Å²) in [6.07, 6.45) is 2.54. The molecule has 0 unspecified atom stereocenters. The van der Waals surface area contributed by atoms with E-state index in [1.807, 2.05) is 0 Å². The van der Waals surface area contributed by atoms with Crippen molar-refractivity contribution in [1.82, 2.24) is 4.31 Å². The van der Waals surface area contributed by atoms with Crippen molar-refractivity contribution >= 4 is 27.6 Å². The number of amides is 1. The number of anilines is 1. The third kappa shape index (κ3) is 3.87. The van der Waals surface area contributed by atoms with Crippen LogP contribution in [0.4, 0.5) is 5.69 Å². The first-order valence-corrected chi connectivity index (χ1v) is 10.1. The molecule has 0 spiro atoms. The van der Waals surface area contributed by atoms with E-state index in [2.05, 4.69) is 10.1 Å². The minimum Gasteiger partial charge on any atom is -0.505 e. The van der Waals surface area contributed by atoms with Crippen molar-refractivity contribution in [2.45, 2.75) is 24.4 Å². The lowest BCUT2D eigenvalue weighted by Gasteiger charge is -2.24. The average Bonchev–Trinajstić information content (AvgIpc) is 3.21. The van der Waals surface area contributed by atoms with E-state index in [0.717, 1.165) is 19.3 Å². The molecule has 0 radical (unpaired) electrons. The number of nitrogens with one attached hydrogen (secondary N) is 1. The van der Waals surface area contributed by atoms with Crippen molar-refractivity contribution in [3.63, 3.8) is 0 Å². The molecule has 0 saturated carbocycles. The van der Waals surface area contributed by atoms with E-state index in [0.29, 0.717) is 13.1 Å². The summed E-state index contributed by atoms with van der Waals surface area (Å²) in [7, 11) is -2.63. The molecule has 2 N–H and O–H groups in total. The second-order valence-corrected chi connectivity index (χ2v) is 8.10. The molecule has 9 nitrogen and oxygen atoms in total. The largest absolute Gasteiger partial charge is 0.505 e. The zero-order valence-electron chi connectivity index (χ0n) is 15.2. The molecule has 1 fully saturated rings. The molecule has 10 heteroatoms. The minimum absolute atomic E-state index is 0.0373. The van der Waals surface area contributed by atoms with Gasteiger partial charge in [-0.05, 0) is 37.1 Å². The van der Waals surface area contributed by atoms with Gasteiger partial charge in [0.15, 0.2) is 11.5 Å². The number of phenols is 1. The molecule has 1 aromatic carbocycles. The number of hydrogen-bond acceptors (Lipinski definition) is 7. The summed E-state index contributed by atoms with van der Waals surface area (Å²) in [6.45, 7) is 0.831. The lowest BCUT2D eigenvalue weighted by atomic mass is 10.1. The summed E-state index contributed by atoms with van der Waals surface area (Å²) in [5.74, 6) is -2.23. The van der Waals surface area contributed by atoms with Crippen LogP contribution in [0.25, 0.3) is 0 Å². The third-order valence-corrected chi connectivity index (χ3v) is 6.18. The Kier molecular flexibility index (Phi) is 5.71. The first-order chi connectivity index (χ1) is 13.3. The topological polar surface area (TPSA) is 126 Å². The van der Waals surface area contributed by atoms with E-state index >= 15 is 0 Å². The lowest BCUT2D eigenvalue weighted by molar-refractivity contribution is 0.0597. The van der Waals surface area contributed by atoms with Gasteiger partial charge in [-0.25, -0.2) is 13.2 Å². The number of methoxy groups -OCH3 is 1. The van der Waals surface area contributed by atoms with Crippen molar-refractivity contribution in [3.8, 4) is 5.75 Å². The maximum Gasteiger partial charge on any atom is 0.341 e. The number of rotatable bonds is 5. The number of ether oxygens (including phenoxy) is 1. The number of esters is 1. The van der Waals surface area contributed by atoms with Gasteiger partial charge in [0, 0.05) is 13.1 Å². The number of nitrogens with zero attached hydrogens (tertiary/aromatic N) is 1. The fraction of sp³-hybridized carbons (Fsp3) is 0.333. The van der Waals surface area contributed by atoms with Gasteiger partial charge in [-0.1, -0.05) is 12.5 Å². The molecule has 0 atom stereocenters. The monoisotopic (exact) mass is 408 g/mol. The summed E-state index contributed by atoms with van der Waals surface area (Å²) >= 11 is 0. The normalized spacial score (nSPS) is 15.2. The van der Waals surface area contributed by atoms with E-state index in [4.69, 9.17) is 4.42 Å². The molecule has 0 bridgehead atoms. The van der Waals surface area contributed by atoms with E-state index in [9.17, 15) is 23.1 Å². The van der Waals surface area contributed by atoms with Gasteiger partial charge in [0.1, 0.15) is 5.56 Å². The van der Waals surface area contributed by atoms with Crippen molar-refractivity contribution in [3.05, 3.63) is 41.7 Å². The fourth-order valence-electron chi connectivity index (χ4n) is 2.92. The van der Waals surface area contributed by atoms with Crippen LogP contribution in [0.2, 0.25) is 0 Å². The van der Waals surface area contributed by atoms with Gasteiger partial charge in [0.25, 0.3) is 15.9 Å². The molecule has 1 amide bonds. The number of para-hydroxylation sites is 1. The van der Waals surface area contributed by atoms with Gasteiger partial charge in [0.2, 0.25) is 5.09 Å². The number of furan rings is 1. The van der Waals surface area contributed by atoms with Crippen LogP contribution >= 0.6 is 0 Å². The molecule has 1 aliphatic rings. The number of sulfonamides is 1. The minimum atomic E-state index is -3.80. The first-order valence-electron chi connectivity index (χ1n) is 8.66. The molecule has 150 valence electrons. The van der Waals surface area contributed by atoms with E-state index < -0.39 is 27.6 Å². The molecular weight excluding hydrogens is 388 g/mol. The standard InChI is InChI=1S/C18H20N2O7S/c1-26-18(23)12-6-5-7-13(16(12)21)19-17(22)14-8-9-15(27-14)28(24,25)20-10-3-2-4-11-20/h5-9,21H,2-4,10-11H2,1H3,(H,19,22). The molecule has 1 saturated heterocycles. The second-order valence-electron chi connectivity index (χ2n) is 6.23. The molecule has 1 aliphatic heterocycles. The summed E-state index contributed by atoms with van der Waals surface area (Å²) < 4.78 is 36.3. The molecule has 2 heterocycles. The first kappa shape index (κ1) is 19.9. The maximum absolute atomic E-state index is 12.6. The molecule has 0 aliphatic carbocycles. The Labute approximate surface area is 161 Å². The highest BCUT2D eigenvalue weighted by Crippen LogP contribution is 2.29. The van der Waals surface area contributed by atoms with E-state index in [-0.39, 0.29) is 22.1 Å². The molecule has 3 rings (SSSR count). The maximum atomic E-state index is 12.6. The van der Waals surface area contributed by atoms with Crippen molar-refractivity contribution in [1.29, 1.82) is 0 Å². The quantitative estimate of drug-likeness (QED) is 0.574. The highest BCUT2D eigenvalue weighted by molar-refractivity contribution is 7.89. The zero-order valence-corrected chi connectivity index (χ0v) is 16.0. The Morgan fingerprint density at radius 1 is 1.14 bits per heavy atom. The van der Waals surface area contributed by atoms with Crippen LogP contribution in [-0.2, 0) is 14.8 Å². The predicted molar refractivity (Wildman–Crippen MR) is 98.7 cm³/mol. The number of hydrogen-bond donors (Lipinski definition) is 2. The fourth-order valence-corrected chi connectivity index (χ4v) is 4.34.